The number of carbonyl (C=O) groups excluding carboxylic acids is 1. The molecule has 2 aromatic carbocycles. The van der Waals surface area contributed by atoms with Crippen molar-refractivity contribution >= 4 is 17.6 Å². The SMILES string of the molecule is Cn1ccnc1[C@H](NC(=O)NCCCCc1ccccc1)c1ccc(Cl)cc1. The molecule has 0 aliphatic rings. The number of rotatable bonds is 8. The average molecular weight is 397 g/mol. The molecule has 0 saturated carbocycles. The summed E-state index contributed by atoms with van der Waals surface area (Å²) in [5.41, 5.74) is 2.25. The average Bonchev–Trinajstić information content (AvgIpc) is 3.13. The van der Waals surface area contributed by atoms with Gasteiger partial charge in [0, 0.05) is 31.0 Å². The van der Waals surface area contributed by atoms with Crippen molar-refractivity contribution in [3.05, 3.63) is 89.0 Å². The van der Waals surface area contributed by atoms with Gasteiger partial charge in [-0.1, -0.05) is 54.1 Å². The Morgan fingerprint density at radius 1 is 1.11 bits per heavy atom. The summed E-state index contributed by atoms with van der Waals surface area (Å²) >= 11 is 6.00. The molecule has 146 valence electrons. The molecule has 28 heavy (non-hydrogen) atoms. The fraction of sp³-hybridized carbons (Fsp3) is 0.273. The Hall–Kier alpha value is -2.79. The lowest BCUT2D eigenvalue weighted by Crippen LogP contribution is -2.39. The second kappa shape index (κ2) is 9.95. The molecule has 3 aromatic rings. The Balaban J connectivity index is 1.53. The van der Waals surface area contributed by atoms with Crippen molar-refractivity contribution in [2.75, 3.05) is 6.54 Å². The van der Waals surface area contributed by atoms with E-state index < -0.39 is 0 Å². The molecule has 0 aliphatic heterocycles. The van der Waals surface area contributed by atoms with E-state index in [1.807, 2.05) is 48.1 Å². The fourth-order valence-corrected chi connectivity index (χ4v) is 3.22. The van der Waals surface area contributed by atoms with Gasteiger partial charge in [-0.3, -0.25) is 0 Å². The summed E-state index contributed by atoms with van der Waals surface area (Å²) in [6, 6.07) is 17.3. The third-order valence-corrected chi connectivity index (χ3v) is 4.87. The Morgan fingerprint density at radius 2 is 1.86 bits per heavy atom. The minimum atomic E-state index is -0.346. The van der Waals surface area contributed by atoms with E-state index in [0.717, 1.165) is 30.7 Å². The van der Waals surface area contributed by atoms with Crippen molar-refractivity contribution in [1.29, 1.82) is 0 Å². The van der Waals surface area contributed by atoms with Crippen molar-refractivity contribution in [3.8, 4) is 0 Å². The van der Waals surface area contributed by atoms with Crippen LogP contribution in [0.25, 0.3) is 0 Å². The minimum absolute atomic E-state index is 0.206. The first kappa shape index (κ1) is 20.0. The lowest BCUT2D eigenvalue weighted by Gasteiger charge is -2.19. The van der Waals surface area contributed by atoms with E-state index >= 15 is 0 Å². The van der Waals surface area contributed by atoms with Gasteiger partial charge in [0.05, 0.1) is 0 Å². The maximum Gasteiger partial charge on any atom is 0.315 e. The first-order valence-corrected chi connectivity index (χ1v) is 9.82. The lowest BCUT2D eigenvalue weighted by molar-refractivity contribution is 0.238. The summed E-state index contributed by atoms with van der Waals surface area (Å²) in [7, 11) is 1.91. The molecule has 0 unspecified atom stereocenters. The van der Waals surface area contributed by atoms with Gasteiger partial charge in [0.15, 0.2) is 0 Å². The molecule has 0 spiro atoms. The van der Waals surface area contributed by atoms with Gasteiger partial charge >= 0.3 is 6.03 Å². The minimum Gasteiger partial charge on any atom is -0.338 e. The molecule has 1 heterocycles. The van der Waals surface area contributed by atoms with Crippen LogP contribution in [-0.2, 0) is 13.5 Å². The molecule has 0 saturated heterocycles. The third-order valence-electron chi connectivity index (χ3n) is 4.62. The van der Waals surface area contributed by atoms with E-state index in [9.17, 15) is 4.79 Å². The number of urea groups is 1. The number of hydrogen-bond acceptors (Lipinski definition) is 2. The Bertz CT molecular complexity index is 877. The van der Waals surface area contributed by atoms with Gasteiger partial charge in [-0.2, -0.15) is 0 Å². The largest absolute Gasteiger partial charge is 0.338 e. The predicted octanol–water partition coefficient (Wildman–Crippen LogP) is 4.49. The number of imidazole rings is 1. The number of unbranched alkanes of at least 4 members (excludes halogenated alkanes) is 1. The van der Waals surface area contributed by atoms with Crippen molar-refractivity contribution in [2.45, 2.75) is 25.3 Å². The summed E-state index contributed by atoms with van der Waals surface area (Å²) in [5.74, 6) is 0.765. The van der Waals surface area contributed by atoms with Gasteiger partial charge in [-0.15, -0.1) is 0 Å². The number of nitrogens with zero attached hydrogens (tertiary/aromatic N) is 2. The predicted molar refractivity (Wildman–Crippen MR) is 112 cm³/mol. The number of aryl methyl sites for hydroxylation is 2. The van der Waals surface area contributed by atoms with Crippen molar-refractivity contribution in [3.63, 3.8) is 0 Å². The number of carbonyl (C=O) groups is 1. The number of amides is 2. The molecule has 1 aromatic heterocycles. The highest BCUT2D eigenvalue weighted by Crippen LogP contribution is 2.22. The fourth-order valence-electron chi connectivity index (χ4n) is 3.09. The van der Waals surface area contributed by atoms with Crippen LogP contribution in [0.3, 0.4) is 0 Å². The number of aromatic nitrogens is 2. The first-order valence-electron chi connectivity index (χ1n) is 9.44. The molecule has 5 nitrogen and oxygen atoms in total. The number of halogens is 1. The quantitative estimate of drug-likeness (QED) is 0.551. The van der Waals surface area contributed by atoms with Crippen LogP contribution in [0.4, 0.5) is 4.79 Å². The standard InChI is InChI=1S/C22H25ClN4O/c1-27-16-15-24-21(27)20(18-10-12-19(23)13-11-18)26-22(28)25-14-6-5-9-17-7-3-2-4-8-17/h2-4,7-8,10-13,15-16,20H,5-6,9,14H2,1H3,(H2,25,26,28)/t20-/m1/s1. The van der Waals surface area contributed by atoms with E-state index in [0.29, 0.717) is 11.6 Å². The zero-order valence-electron chi connectivity index (χ0n) is 15.9. The smallest absolute Gasteiger partial charge is 0.315 e. The lowest BCUT2D eigenvalue weighted by atomic mass is 10.1. The molecule has 2 amide bonds. The molecular weight excluding hydrogens is 372 g/mol. The summed E-state index contributed by atoms with van der Waals surface area (Å²) < 4.78 is 1.90. The third kappa shape index (κ3) is 5.60. The van der Waals surface area contributed by atoms with E-state index in [2.05, 4.69) is 39.9 Å². The van der Waals surface area contributed by atoms with Crippen molar-refractivity contribution in [2.24, 2.45) is 7.05 Å². The highest BCUT2D eigenvalue weighted by molar-refractivity contribution is 6.30. The normalized spacial score (nSPS) is 11.8. The van der Waals surface area contributed by atoms with Gasteiger partial charge in [0.2, 0.25) is 0 Å². The second-order valence-electron chi connectivity index (χ2n) is 6.72. The highest BCUT2D eigenvalue weighted by atomic mass is 35.5. The molecule has 0 aliphatic carbocycles. The van der Waals surface area contributed by atoms with Gasteiger partial charge < -0.3 is 15.2 Å². The van der Waals surface area contributed by atoms with Gasteiger partial charge in [-0.05, 0) is 42.5 Å². The van der Waals surface area contributed by atoms with Gasteiger partial charge in [0.1, 0.15) is 11.9 Å². The van der Waals surface area contributed by atoms with E-state index in [-0.39, 0.29) is 12.1 Å². The highest BCUT2D eigenvalue weighted by Gasteiger charge is 2.20. The number of benzene rings is 2. The summed E-state index contributed by atoms with van der Waals surface area (Å²) in [5, 5.41) is 6.63. The van der Waals surface area contributed by atoms with E-state index in [1.165, 1.54) is 5.56 Å². The van der Waals surface area contributed by atoms with Crippen LogP contribution in [0.5, 0.6) is 0 Å². The number of nitrogens with one attached hydrogen (secondary N) is 2. The summed E-state index contributed by atoms with van der Waals surface area (Å²) in [6.07, 6.45) is 6.56. The topological polar surface area (TPSA) is 59.0 Å². The van der Waals surface area contributed by atoms with Crippen molar-refractivity contribution in [1.82, 2.24) is 20.2 Å². The molecule has 0 radical (unpaired) electrons. The van der Waals surface area contributed by atoms with Crippen LogP contribution in [0.1, 0.15) is 35.8 Å². The molecular formula is C22H25ClN4O. The van der Waals surface area contributed by atoms with E-state index in [4.69, 9.17) is 11.6 Å². The maximum absolute atomic E-state index is 12.4. The zero-order chi connectivity index (χ0) is 19.8. The van der Waals surface area contributed by atoms with Crippen LogP contribution in [-0.4, -0.2) is 22.1 Å². The molecule has 0 fully saturated rings. The van der Waals surface area contributed by atoms with Gasteiger partial charge in [-0.25, -0.2) is 9.78 Å². The van der Waals surface area contributed by atoms with Crippen LogP contribution >= 0.6 is 11.6 Å². The molecule has 6 heteroatoms. The van der Waals surface area contributed by atoms with Crippen LogP contribution in [0, 0.1) is 0 Å². The van der Waals surface area contributed by atoms with Crippen LogP contribution in [0.15, 0.2) is 67.0 Å². The van der Waals surface area contributed by atoms with Crippen molar-refractivity contribution < 1.29 is 4.79 Å². The Labute approximate surface area is 170 Å². The zero-order valence-corrected chi connectivity index (χ0v) is 16.7. The van der Waals surface area contributed by atoms with Crippen LogP contribution < -0.4 is 10.6 Å². The number of hydrogen-bond donors (Lipinski definition) is 2. The maximum atomic E-state index is 12.4. The molecule has 3 rings (SSSR count). The Morgan fingerprint density at radius 3 is 2.54 bits per heavy atom. The molecule has 1 atom stereocenters. The Kier molecular flexibility index (Phi) is 7.09. The summed E-state index contributed by atoms with van der Waals surface area (Å²) in [4.78, 5) is 16.8. The van der Waals surface area contributed by atoms with E-state index in [1.54, 1.807) is 6.20 Å². The molecule has 2 N–H and O–H groups in total. The summed E-state index contributed by atoms with van der Waals surface area (Å²) in [6.45, 7) is 0.632. The van der Waals surface area contributed by atoms with Crippen LogP contribution in [0.2, 0.25) is 5.02 Å². The second-order valence-corrected chi connectivity index (χ2v) is 7.16. The monoisotopic (exact) mass is 396 g/mol. The van der Waals surface area contributed by atoms with Gasteiger partial charge in [0.25, 0.3) is 0 Å². The molecule has 0 bridgehead atoms. The first-order chi connectivity index (χ1) is 13.6.